The Morgan fingerprint density at radius 2 is 1.33 bits per heavy atom. The summed E-state index contributed by atoms with van der Waals surface area (Å²) >= 11 is 0. The molecule has 0 aromatic carbocycles. The monoisotopic (exact) mass is 622 g/mol. The third-order valence-electron chi connectivity index (χ3n) is 6.66. The fourth-order valence-corrected chi connectivity index (χ4v) is 4.65. The van der Waals surface area contributed by atoms with Gasteiger partial charge in [0.25, 0.3) is 0 Å². The minimum absolute atomic E-state index is 0.0248. The van der Waals surface area contributed by atoms with Gasteiger partial charge in [0.1, 0.15) is 24.9 Å². The lowest BCUT2D eigenvalue weighted by Crippen LogP contribution is -2.65. The highest BCUT2D eigenvalue weighted by molar-refractivity contribution is 5.72. The predicted octanol–water partition coefficient (Wildman–Crippen LogP) is -0.424. The topological polar surface area (TPSA) is 214 Å². The summed E-state index contributed by atoms with van der Waals surface area (Å²) in [5.74, 6) is -6.41. The van der Waals surface area contributed by atoms with Gasteiger partial charge in [0.05, 0.1) is 19.1 Å². The molecule has 0 aliphatic carbocycles. The Morgan fingerprint density at radius 3 is 1.79 bits per heavy atom. The fourth-order valence-electron chi connectivity index (χ4n) is 4.65. The van der Waals surface area contributed by atoms with Gasteiger partial charge >= 0.3 is 23.9 Å². The van der Waals surface area contributed by atoms with Gasteiger partial charge in [0.15, 0.2) is 24.4 Å². The number of carbonyl (C=O) groups excluding carboxylic acids is 4. The van der Waals surface area contributed by atoms with Crippen molar-refractivity contribution < 1.29 is 72.8 Å². The van der Waals surface area contributed by atoms with Gasteiger partial charge in [0, 0.05) is 19.8 Å². The highest BCUT2D eigenvalue weighted by Gasteiger charge is 2.62. The van der Waals surface area contributed by atoms with Crippen LogP contribution in [-0.4, -0.2) is 119 Å². The van der Waals surface area contributed by atoms with Gasteiger partial charge in [-0.15, -0.1) is 0 Å². The van der Waals surface area contributed by atoms with Crippen LogP contribution in [-0.2, 0) is 52.3 Å². The van der Waals surface area contributed by atoms with Crippen molar-refractivity contribution in [2.24, 2.45) is 17.8 Å². The van der Waals surface area contributed by atoms with Gasteiger partial charge in [0.2, 0.25) is 12.1 Å². The van der Waals surface area contributed by atoms with Crippen LogP contribution in [0.2, 0.25) is 0 Å². The summed E-state index contributed by atoms with van der Waals surface area (Å²) in [6.45, 7) is 8.59. The smallest absolute Gasteiger partial charge is 0.308 e. The first kappa shape index (κ1) is 36.8. The van der Waals surface area contributed by atoms with E-state index in [1.54, 1.807) is 41.5 Å². The van der Waals surface area contributed by atoms with Crippen molar-refractivity contribution in [2.45, 2.75) is 116 Å². The van der Waals surface area contributed by atoms with E-state index in [4.69, 9.17) is 33.2 Å². The van der Waals surface area contributed by atoms with E-state index in [1.807, 2.05) is 0 Å². The Morgan fingerprint density at radius 1 is 0.767 bits per heavy atom. The molecule has 248 valence electrons. The zero-order chi connectivity index (χ0) is 32.6. The molecule has 2 aliphatic heterocycles. The lowest BCUT2D eigenvalue weighted by atomic mass is 9.97. The first-order valence-corrected chi connectivity index (χ1v) is 14.4. The quantitative estimate of drug-likeness (QED) is 0.143. The summed E-state index contributed by atoms with van der Waals surface area (Å²) in [7, 11) is 0. The summed E-state index contributed by atoms with van der Waals surface area (Å²) in [4.78, 5) is 50.3. The van der Waals surface area contributed by atoms with E-state index < -0.39 is 104 Å². The van der Waals surface area contributed by atoms with Crippen molar-refractivity contribution in [3.63, 3.8) is 0 Å². The van der Waals surface area contributed by atoms with E-state index in [0.717, 1.165) is 6.92 Å². The van der Waals surface area contributed by atoms with Gasteiger partial charge in [-0.05, 0) is 11.8 Å². The number of ether oxygens (including phenoxy) is 7. The Kier molecular flexibility index (Phi) is 13.7. The molecule has 2 heterocycles. The lowest BCUT2D eigenvalue weighted by molar-refractivity contribution is -0.384. The SMILES string of the molecule is CC(=O)O[C@H]1[C@@H](O[C@]2(CO)O[C@H](CO)[C@@H](O)[C@@H]2OC(=O)CC(C)C)O[C@H](CO)[C@@H](OC(=O)CC(C)C)[C@@H]1OC(=O)C(C)C. The second-order valence-electron chi connectivity index (χ2n) is 11.8. The minimum Gasteiger partial charge on any atom is -0.455 e. The average molecular weight is 623 g/mol. The van der Waals surface area contributed by atoms with Crippen molar-refractivity contribution in [1.29, 1.82) is 0 Å². The summed E-state index contributed by atoms with van der Waals surface area (Å²) in [6.07, 6.45) is -12.8. The molecule has 0 amide bonds. The summed E-state index contributed by atoms with van der Waals surface area (Å²) in [5.41, 5.74) is 0. The number of aliphatic hydroxyl groups excluding tert-OH is 4. The zero-order valence-electron chi connectivity index (χ0n) is 25.7. The first-order chi connectivity index (χ1) is 20.1. The molecule has 0 aromatic heterocycles. The molecule has 4 N–H and O–H groups in total. The first-order valence-electron chi connectivity index (χ1n) is 14.4. The molecule has 15 heteroatoms. The number of hydrogen-bond donors (Lipinski definition) is 4. The normalized spacial score (nSPS) is 32.6. The Balaban J connectivity index is 2.57. The van der Waals surface area contributed by atoms with Gasteiger partial charge in [-0.1, -0.05) is 41.5 Å². The maximum Gasteiger partial charge on any atom is 0.308 e. The molecule has 0 unspecified atom stereocenters. The summed E-state index contributed by atoms with van der Waals surface area (Å²) in [5, 5.41) is 41.3. The Bertz CT molecular complexity index is 952. The number of esters is 4. The van der Waals surface area contributed by atoms with Crippen molar-refractivity contribution in [1.82, 2.24) is 0 Å². The van der Waals surface area contributed by atoms with Crippen LogP contribution in [0.1, 0.15) is 61.3 Å². The largest absolute Gasteiger partial charge is 0.455 e. The number of carbonyl (C=O) groups is 4. The Hall–Kier alpha value is -2.40. The predicted molar refractivity (Wildman–Crippen MR) is 144 cm³/mol. The molecule has 9 atom stereocenters. The molecule has 2 aliphatic rings. The summed E-state index contributed by atoms with van der Waals surface area (Å²) in [6, 6.07) is 0. The van der Waals surface area contributed by atoms with E-state index in [-0.39, 0.29) is 24.7 Å². The third-order valence-corrected chi connectivity index (χ3v) is 6.66. The molecule has 43 heavy (non-hydrogen) atoms. The fraction of sp³-hybridized carbons (Fsp3) is 0.857. The molecule has 2 fully saturated rings. The van der Waals surface area contributed by atoms with Crippen LogP contribution in [0.5, 0.6) is 0 Å². The van der Waals surface area contributed by atoms with Crippen LogP contribution >= 0.6 is 0 Å². The van der Waals surface area contributed by atoms with Crippen molar-refractivity contribution in [3.8, 4) is 0 Å². The maximum absolute atomic E-state index is 12.8. The molecule has 2 saturated heterocycles. The van der Waals surface area contributed by atoms with Crippen LogP contribution < -0.4 is 0 Å². The van der Waals surface area contributed by atoms with E-state index in [2.05, 4.69) is 0 Å². The van der Waals surface area contributed by atoms with E-state index in [1.165, 1.54) is 0 Å². The molecule has 0 spiro atoms. The van der Waals surface area contributed by atoms with Gasteiger partial charge in [-0.25, -0.2) is 0 Å². The molecule has 0 aromatic rings. The molecular formula is C28H46O15. The maximum atomic E-state index is 12.8. The van der Waals surface area contributed by atoms with Crippen molar-refractivity contribution >= 4 is 23.9 Å². The van der Waals surface area contributed by atoms with Gasteiger partial charge in [-0.3, -0.25) is 19.2 Å². The highest BCUT2D eigenvalue weighted by Crippen LogP contribution is 2.39. The minimum atomic E-state index is -2.38. The molecule has 0 saturated carbocycles. The lowest BCUT2D eigenvalue weighted by Gasteiger charge is -2.46. The highest BCUT2D eigenvalue weighted by atomic mass is 16.8. The summed E-state index contributed by atoms with van der Waals surface area (Å²) < 4.78 is 39.6. The van der Waals surface area contributed by atoms with Gasteiger partial charge in [-0.2, -0.15) is 0 Å². The van der Waals surface area contributed by atoms with Crippen molar-refractivity contribution in [3.05, 3.63) is 0 Å². The molecule has 2 rings (SSSR count). The molecule has 15 nitrogen and oxygen atoms in total. The van der Waals surface area contributed by atoms with Crippen LogP contribution in [0, 0.1) is 17.8 Å². The van der Waals surface area contributed by atoms with E-state index >= 15 is 0 Å². The molecule has 0 bridgehead atoms. The van der Waals surface area contributed by atoms with Crippen LogP contribution in [0.25, 0.3) is 0 Å². The molecular weight excluding hydrogens is 576 g/mol. The number of aliphatic hydroxyl groups is 4. The zero-order valence-corrected chi connectivity index (χ0v) is 25.7. The third kappa shape index (κ3) is 9.54. The van der Waals surface area contributed by atoms with Crippen LogP contribution in [0.4, 0.5) is 0 Å². The second-order valence-corrected chi connectivity index (χ2v) is 11.8. The average Bonchev–Trinajstić information content (AvgIpc) is 3.16. The number of rotatable bonds is 14. The molecule has 0 radical (unpaired) electrons. The van der Waals surface area contributed by atoms with Crippen LogP contribution in [0.3, 0.4) is 0 Å². The Labute approximate surface area is 250 Å². The van der Waals surface area contributed by atoms with E-state index in [9.17, 15) is 39.6 Å². The van der Waals surface area contributed by atoms with Crippen LogP contribution in [0.15, 0.2) is 0 Å². The van der Waals surface area contributed by atoms with Gasteiger partial charge < -0.3 is 53.6 Å². The van der Waals surface area contributed by atoms with E-state index in [0.29, 0.717) is 0 Å². The number of hydrogen-bond acceptors (Lipinski definition) is 15. The second kappa shape index (κ2) is 16.1. The standard InChI is InChI=1S/C28H46O15/c1-13(2)8-19(33)39-22-18(11-30)38-27(24(37-16(7)32)23(22)41-26(36)15(5)6)43-28(12-31)25(21(35)17(10-29)42-28)40-20(34)9-14(3)4/h13-15,17-18,21-25,27,29-31,35H,8-12H2,1-7H3/t17-,18-,21-,22-,23+,24-,25+,27-,28+/m1/s1. The van der Waals surface area contributed by atoms with Crippen molar-refractivity contribution in [2.75, 3.05) is 19.8 Å².